The summed E-state index contributed by atoms with van der Waals surface area (Å²) in [5, 5.41) is 16.5. The van der Waals surface area contributed by atoms with E-state index in [0.717, 1.165) is 12.8 Å². The minimum atomic E-state index is -0.644. The molecule has 0 heterocycles. The van der Waals surface area contributed by atoms with Crippen LogP contribution in [0, 0.1) is 10.1 Å². The number of anilines is 1. The summed E-state index contributed by atoms with van der Waals surface area (Å²) in [6, 6.07) is 13.0. The predicted octanol–water partition coefficient (Wildman–Crippen LogP) is 5.07. The number of nitro groups is 1. The number of rotatable bonds is 10. The van der Waals surface area contributed by atoms with Crippen LogP contribution in [0.5, 0.6) is 5.75 Å². The highest BCUT2D eigenvalue weighted by Gasteiger charge is 2.19. The molecule has 2 aromatic carbocycles. The molecule has 2 N–H and O–H groups in total. The van der Waals surface area contributed by atoms with Gasteiger partial charge in [-0.25, -0.2) is 0 Å². The topological polar surface area (TPSA) is 93.5 Å². The van der Waals surface area contributed by atoms with Gasteiger partial charge in [0.1, 0.15) is 11.3 Å². The largest absolute Gasteiger partial charge is 0.494 e. The summed E-state index contributed by atoms with van der Waals surface area (Å²) < 4.78 is 5.76. The lowest BCUT2D eigenvalue weighted by atomic mass is 10.1. The molecule has 0 radical (unpaired) electrons. The lowest BCUT2D eigenvalue weighted by molar-refractivity contribution is -0.385. The highest BCUT2D eigenvalue weighted by molar-refractivity contribution is 7.80. The summed E-state index contributed by atoms with van der Waals surface area (Å²) in [5.74, 6) is 0.0626. The molecule has 0 aromatic heterocycles. The molecule has 1 amide bonds. The molecule has 29 heavy (non-hydrogen) atoms. The van der Waals surface area contributed by atoms with Crippen LogP contribution in [0.4, 0.5) is 11.4 Å². The number of thiocarbonyl (C=S) groups is 1. The van der Waals surface area contributed by atoms with Crippen LogP contribution in [0.25, 0.3) is 0 Å². The van der Waals surface area contributed by atoms with E-state index >= 15 is 0 Å². The number of amides is 1. The molecule has 0 saturated carbocycles. The molecule has 0 aliphatic heterocycles. The van der Waals surface area contributed by atoms with Gasteiger partial charge < -0.3 is 10.1 Å². The number of carbonyl (C=O) groups is 1. The van der Waals surface area contributed by atoms with Crippen LogP contribution < -0.4 is 15.4 Å². The number of benzene rings is 2. The third-order valence-electron chi connectivity index (χ3n) is 4.18. The molecule has 2 rings (SSSR count). The normalized spacial score (nSPS) is 10.2. The SMILES string of the molecule is CCCCCCCOc1cccc(NC(=S)NC(=O)c2ccccc2[N+](=O)[O-])c1. The van der Waals surface area contributed by atoms with Crippen LogP contribution in [0.15, 0.2) is 48.5 Å². The lowest BCUT2D eigenvalue weighted by Gasteiger charge is -2.11. The number of unbranched alkanes of at least 4 members (excludes halogenated alkanes) is 4. The van der Waals surface area contributed by atoms with Gasteiger partial charge in [0.05, 0.1) is 11.5 Å². The van der Waals surface area contributed by atoms with Gasteiger partial charge in [-0.1, -0.05) is 50.8 Å². The standard InChI is InChI=1S/C21H25N3O4S/c1-2-3-4-5-8-14-28-17-11-9-10-16(15-17)22-21(29)23-20(25)18-12-6-7-13-19(18)24(26)27/h6-7,9-13,15H,2-5,8,14H2,1H3,(H2,22,23,25,29). The van der Waals surface area contributed by atoms with Crippen molar-refractivity contribution in [3.05, 3.63) is 64.2 Å². The van der Waals surface area contributed by atoms with E-state index in [1.807, 2.05) is 12.1 Å². The van der Waals surface area contributed by atoms with E-state index in [4.69, 9.17) is 17.0 Å². The number of nitrogens with one attached hydrogen (secondary N) is 2. The van der Waals surface area contributed by atoms with Crippen LogP contribution in [0.1, 0.15) is 49.4 Å². The van der Waals surface area contributed by atoms with Gasteiger partial charge in [-0.05, 0) is 36.8 Å². The summed E-state index contributed by atoms with van der Waals surface area (Å²) in [6.07, 6.45) is 5.82. The summed E-state index contributed by atoms with van der Waals surface area (Å²) >= 11 is 5.16. The van der Waals surface area contributed by atoms with Crippen molar-refractivity contribution in [1.29, 1.82) is 0 Å². The first kappa shape index (κ1) is 22.3. The Bertz CT molecular complexity index is 857. The van der Waals surface area contributed by atoms with Gasteiger partial charge in [0.2, 0.25) is 0 Å². The molecule has 0 fully saturated rings. The Morgan fingerprint density at radius 3 is 2.62 bits per heavy atom. The third-order valence-corrected chi connectivity index (χ3v) is 4.39. The first-order chi connectivity index (χ1) is 14.0. The van der Waals surface area contributed by atoms with E-state index in [1.165, 1.54) is 37.5 Å². The van der Waals surface area contributed by atoms with Gasteiger partial charge in [-0.3, -0.25) is 20.2 Å². The maximum absolute atomic E-state index is 12.3. The van der Waals surface area contributed by atoms with E-state index in [0.29, 0.717) is 18.0 Å². The molecule has 0 aliphatic rings. The van der Waals surface area contributed by atoms with Gasteiger partial charge in [0, 0.05) is 17.8 Å². The molecule has 0 bridgehead atoms. The van der Waals surface area contributed by atoms with E-state index < -0.39 is 10.8 Å². The summed E-state index contributed by atoms with van der Waals surface area (Å²) in [4.78, 5) is 22.8. The van der Waals surface area contributed by atoms with Gasteiger partial charge in [-0.15, -0.1) is 0 Å². The maximum atomic E-state index is 12.3. The second-order valence-electron chi connectivity index (χ2n) is 6.47. The Morgan fingerprint density at radius 1 is 1.10 bits per heavy atom. The summed E-state index contributed by atoms with van der Waals surface area (Å²) in [7, 11) is 0. The van der Waals surface area contributed by atoms with Crippen molar-refractivity contribution in [2.24, 2.45) is 0 Å². The van der Waals surface area contributed by atoms with Crippen LogP contribution in [0.3, 0.4) is 0 Å². The zero-order chi connectivity index (χ0) is 21.1. The van der Waals surface area contributed by atoms with Crippen molar-refractivity contribution in [3.8, 4) is 5.75 Å². The molecular weight excluding hydrogens is 390 g/mol. The van der Waals surface area contributed by atoms with Gasteiger partial charge >= 0.3 is 0 Å². The van der Waals surface area contributed by atoms with Crippen molar-refractivity contribution in [2.75, 3.05) is 11.9 Å². The number of carbonyl (C=O) groups excluding carboxylic acids is 1. The lowest BCUT2D eigenvalue weighted by Crippen LogP contribution is -2.34. The Kier molecular flexibility index (Phi) is 9.04. The molecule has 0 spiro atoms. The van der Waals surface area contributed by atoms with E-state index in [2.05, 4.69) is 17.6 Å². The summed E-state index contributed by atoms with van der Waals surface area (Å²) in [5.41, 5.74) is 0.324. The van der Waals surface area contributed by atoms with E-state index in [1.54, 1.807) is 18.2 Å². The van der Waals surface area contributed by atoms with Gasteiger partial charge in [-0.2, -0.15) is 0 Å². The second kappa shape index (κ2) is 11.8. The number of para-hydroxylation sites is 1. The molecular formula is C21H25N3O4S. The molecule has 0 unspecified atom stereocenters. The predicted molar refractivity (Wildman–Crippen MR) is 117 cm³/mol. The van der Waals surface area contributed by atoms with Crippen molar-refractivity contribution in [2.45, 2.75) is 39.0 Å². The van der Waals surface area contributed by atoms with E-state index in [-0.39, 0.29) is 16.4 Å². The molecule has 2 aromatic rings. The van der Waals surface area contributed by atoms with Crippen molar-refractivity contribution in [1.82, 2.24) is 5.32 Å². The molecule has 0 saturated heterocycles. The average molecular weight is 416 g/mol. The Hall–Kier alpha value is -3.00. The monoisotopic (exact) mass is 415 g/mol. The maximum Gasteiger partial charge on any atom is 0.282 e. The highest BCUT2D eigenvalue weighted by Crippen LogP contribution is 2.19. The summed E-state index contributed by atoms with van der Waals surface area (Å²) in [6.45, 7) is 2.83. The zero-order valence-corrected chi connectivity index (χ0v) is 17.2. The fourth-order valence-corrected chi connectivity index (χ4v) is 2.93. The second-order valence-corrected chi connectivity index (χ2v) is 6.88. The fraction of sp³-hybridized carbons (Fsp3) is 0.333. The number of ether oxygens (including phenoxy) is 1. The van der Waals surface area contributed by atoms with Crippen LogP contribution in [0.2, 0.25) is 0 Å². The molecule has 8 heteroatoms. The number of hydrogen-bond donors (Lipinski definition) is 2. The van der Waals surface area contributed by atoms with Gasteiger partial charge in [0.15, 0.2) is 5.11 Å². The zero-order valence-electron chi connectivity index (χ0n) is 16.3. The first-order valence-corrected chi connectivity index (χ1v) is 10.0. The average Bonchev–Trinajstić information content (AvgIpc) is 2.70. The minimum absolute atomic E-state index is 0.0462. The van der Waals surface area contributed by atoms with Crippen molar-refractivity contribution >= 4 is 34.6 Å². The van der Waals surface area contributed by atoms with Crippen molar-refractivity contribution < 1.29 is 14.5 Å². The molecule has 154 valence electrons. The first-order valence-electron chi connectivity index (χ1n) is 9.60. The van der Waals surface area contributed by atoms with Crippen LogP contribution in [-0.2, 0) is 0 Å². The van der Waals surface area contributed by atoms with E-state index in [9.17, 15) is 14.9 Å². The number of nitro benzene ring substituents is 1. The van der Waals surface area contributed by atoms with Crippen molar-refractivity contribution in [3.63, 3.8) is 0 Å². The quantitative estimate of drug-likeness (QED) is 0.243. The smallest absolute Gasteiger partial charge is 0.282 e. The fourth-order valence-electron chi connectivity index (χ4n) is 2.72. The van der Waals surface area contributed by atoms with Gasteiger partial charge in [0.25, 0.3) is 11.6 Å². The highest BCUT2D eigenvalue weighted by atomic mass is 32.1. The van der Waals surface area contributed by atoms with Crippen LogP contribution in [-0.4, -0.2) is 22.5 Å². The molecule has 0 atom stereocenters. The minimum Gasteiger partial charge on any atom is -0.494 e. The molecule has 7 nitrogen and oxygen atoms in total. The number of nitrogens with zero attached hydrogens (tertiary/aromatic N) is 1. The number of hydrogen-bond acceptors (Lipinski definition) is 5. The Balaban J connectivity index is 1.88. The Labute approximate surface area is 175 Å². The van der Waals surface area contributed by atoms with Crippen LogP contribution >= 0.6 is 12.2 Å². The third kappa shape index (κ3) is 7.50. The Morgan fingerprint density at radius 2 is 1.86 bits per heavy atom. The molecule has 0 aliphatic carbocycles.